The monoisotopic (exact) mass is 366 g/mol. The highest BCUT2D eigenvalue weighted by atomic mass is 16.5. The maximum absolute atomic E-state index is 12.5. The van der Waals surface area contributed by atoms with E-state index in [0.29, 0.717) is 13.0 Å². The maximum Gasteiger partial charge on any atom is 0.224 e. The number of nitrogens with one attached hydrogen (secondary N) is 1. The van der Waals surface area contributed by atoms with Crippen LogP contribution in [0.2, 0.25) is 0 Å². The lowest BCUT2D eigenvalue weighted by Gasteiger charge is -2.18. The second kappa shape index (κ2) is 8.20. The van der Waals surface area contributed by atoms with E-state index in [2.05, 4.69) is 28.7 Å². The molecule has 0 aliphatic heterocycles. The van der Waals surface area contributed by atoms with Crippen molar-refractivity contribution in [2.75, 3.05) is 6.61 Å². The first-order valence-electron chi connectivity index (χ1n) is 9.33. The molecule has 3 rings (SSSR count). The van der Waals surface area contributed by atoms with E-state index in [1.54, 1.807) is 6.20 Å². The van der Waals surface area contributed by atoms with Gasteiger partial charge in [0, 0.05) is 12.2 Å². The highest BCUT2D eigenvalue weighted by Crippen LogP contribution is 2.23. The van der Waals surface area contributed by atoms with Gasteiger partial charge in [-0.2, -0.15) is 0 Å². The van der Waals surface area contributed by atoms with Crippen molar-refractivity contribution in [3.8, 4) is 5.75 Å². The van der Waals surface area contributed by atoms with E-state index in [4.69, 9.17) is 9.72 Å². The summed E-state index contributed by atoms with van der Waals surface area (Å²) in [6.07, 6.45) is 2.08. The molecule has 6 heteroatoms. The number of aromatic nitrogens is 3. The molecule has 1 aromatic carbocycles. The Hall–Kier alpha value is -2.89. The van der Waals surface area contributed by atoms with Crippen molar-refractivity contribution in [3.05, 3.63) is 54.0 Å². The number of imidazole rings is 1. The van der Waals surface area contributed by atoms with Gasteiger partial charge in [0.25, 0.3) is 0 Å². The second-order valence-electron chi connectivity index (χ2n) is 6.82. The van der Waals surface area contributed by atoms with Crippen LogP contribution in [0, 0.1) is 0 Å². The molecule has 0 aliphatic carbocycles. The number of hydrogen-bond donors (Lipinski definition) is 1. The molecule has 1 atom stereocenters. The molecule has 1 amide bonds. The molecule has 0 radical (unpaired) electrons. The Morgan fingerprint density at radius 2 is 1.93 bits per heavy atom. The number of benzene rings is 1. The lowest BCUT2D eigenvalue weighted by Crippen LogP contribution is -2.30. The Morgan fingerprint density at radius 1 is 1.19 bits per heavy atom. The maximum atomic E-state index is 12.5. The van der Waals surface area contributed by atoms with Crippen LogP contribution in [0.15, 0.2) is 42.6 Å². The molecule has 0 spiro atoms. The van der Waals surface area contributed by atoms with Crippen LogP contribution in [0.5, 0.6) is 5.75 Å². The first-order valence-corrected chi connectivity index (χ1v) is 9.33. The molecule has 2 heterocycles. The lowest BCUT2D eigenvalue weighted by molar-refractivity contribution is -0.121. The van der Waals surface area contributed by atoms with Gasteiger partial charge in [-0.15, -0.1) is 0 Å². The van der Waals surface area contributed by atoms with E-state index in [1.807, 2.05) is 50.2 Å². The number of fused-ring (bicyclic) bond motifs is 1. The number of pyridine rings is 1. The van der Waals surface area contributed by atoms with Crippen LogP contribution in [-0.4, -0.2) is 27.0 Å². The Kier molecular flexibility index (Phi) is 5.74. The van der Waals surface area contributed by atoms with Gasteiger partial charge in [-0.1, -0.05) is 12.1 Å². The highest BCUT2D eigenvalue weighted by molar-refractivity contribution is 5.79. The SMILES string of the molecule is CCOc1ccc(CC(=O)N[C@@H](C)c2nc3cccnc3n2C(C)C)cc1. The molecule has 0 aliphatic rings. The van der Waals surface area contributed by atoms with E-state index < -0.39 is 0 Å². The molecule has 2 aromatic heterocycles. The van der Waals surface area contributed by atoms with Crippen molar-refractivity contribution >= 4 is 17.1 Å². The second-order valence-corrected chi connectivity index (χ2v) is 6.82. The summed E-state index contributed by atoms with van der Waals surface area (Å²) in [6, 6.07) is 11.4. The summed E-state index contributed by atoms with van der Waals surface area (Å²) in [4.78, 5) is 21.7. The minimum absolute atomic E-state index is 0.0398. The van der Waals surface area contributed by atoms with Gasteiger partial charge >= 0.3 is 0 Å². The normalized spacial score (nSPS) is 12.3. The molecule has 3 aromatic rings. The smallest absolute Gasteiger partial charge is 0.224 e. The molecule has 1 N–H and O–H groups in total. The summed E-state index contributed by atoms with van der Waals surface area (Å²) in [5.74, 6) is 1.59. The number of carbonyl (C=O) groups excluding carboxylic acids is 1. The molecule has 27 heavy (non-hydrogen) atoms. The first kappa shape index (κ1) is 18.9. The van der Waals surface area contributed by atoms with Gasteiger partial charge in [-0.05, 0) is 57.5 Å². The zero-order chi connectivity index (χ0) is 19.4. The fraction of sp³-hybridized carbons (Fsp3) is 0.381. The summed E-state index contributed by atoms with van der Waals surface area (Å²) in [5, 5.41) is 3.06. The largest absolute Gasteiger partial charge is 0.494 e. The van der Waals surface area contributed by atoms with Crippen LogP contribution < -0.4 is 10.1 Å². The Bertz CT molecular complexity index is 916. The fourth-order valence-corrected chi connectivity index (χ4v) is 3.17. The molecule has 0 saturated heterocycles. The highest BCUT2D eigenvalue weighted by Gasteiger charge is 2.20. The minimum atomic E-state index is -0.211. The van der Waals surface area contributed by atoms with E-state index in [1.165, 1.54) is 0 Å². The Balaban J connectivity index is 1.73. The summed E-state index contributed by atoms with van der Waals surface area (Å²) in [5.41, 5.74) is 2.63. The summed E-state index contributed by atoms with van der Waals surface area (Å²) < 4.78 is 7.52. The predicted octanol–water partition coefficient (Wildman–Crippen LogP) is 3.83. The van der Waals surface area contributed by atoms with Crippen molar-refractivity contribution in [1.82, 2.24) is 19.9 Å². The molecule has 0 unspecified atom stereocenters. The third-order valence-electron chi connectivity index (χ3n) is 4.36. The van der Waals surface area contributed by atoms with Crippen LogP contribution in [0.4, 0.5) is 0 Å². The number of hydrogen-bond acceptors (Lipinski definition) is 4. The molecular weight excluding hydrogens is 340 g/mol. The Morgan fingerprint density at radius 3 is 2.59 bits per heavy atom. The third kappa shape index (κ3) is 4.27. The lowest BCUT2D eigenvalue weighted by atomic mass is 10.1. The summed E-state index contributed by atoms with van der Waals surface area (Å²) >= 11 is 0. The average molecular weight is 366 g/mol. The molecule has 0 bridgehead atoms. The standard InChI is InChI=1S/C21H26N4O2/c1-5-27-17-10-8-16(9-11-17)13-19(26)23-15(4)20-24-18-7-6-12-22-21(18)25(20)14(2)3/h6-12,14-15H,5,13H2,1-4H3,(H,23,26)/t15-/m0/s1. The van der Waals surface area contributed by atoms with Crippen molar-refractivity contribution in [2.45, 2.75) is 46.2 Å². The van der Waals surface area contributed by atoms with Gasteiger partial charge in [0.15, 0.2) is 5.65 Å². The number of ether oxygens (including phenoxy) is 1. The van der Waals surface area contributed by atoms with Crippen molar-refractivity contribution in [3.63, 3.8) is 0 Å². The van der Waals surface area contributed by atoms with E-state index in [-0.39, 0.29) is 18.0 Å². The minimum Gasteiger partial charge on any atom is -0.494 e. The average Bonchev–Trinajstić information content (AvgIpc) is 3.03. The molecule has 0 saturated carbocycles. The van der Waals surface area contributed by atoms with Crippen LogP contribution >= 0.6 is 0 Å². The summed E-state index contributed by atoms with van der Waals surface area (Å²) in [6.45, 7) is 8.71. The van der Waals surface area contributed by atoms with Gasteiger partial charge < -0.3 is 14.6 Å². The molecule has 142 valence electrons. The first-order chi connectivity index (χ1) is 13.0. The van der Waals surface area contributed by atoms with Crippen LogP contribution in [0.3, 0.4) is 0 Å². The van der Waals surface area contributed by atoms with Crippen LogP contribution in [0.1, 0.15) is 51.2 Å². The number of rotatable bonds is 7. The predicted molar refractivity (Wildman–Crippen MR) is 106 cm³/mol. The van der Waals surface area contributed by atoms with Gasteiger partial charge in [0.05, 0.1) is 19.1 Å². The van der Waals surface area contributed by atoms with Gasteiger partial charge in [0.2, 0.25) is 5.91 Å². The van der Waals surface area contributed by atoms with Gasteiger partial charge in [-0.25, -0.2) is 9.97 Å². The molecule has 6 nitrogen and oxygen atoms in total. The van der Waals surface area contributed by atoms with E-state index >= 15 is 0 Å². The Labute approximate surface area is 159 Å². The van der Waals surface area contributed by atoms with Gasteiger partial charge in [0.1, 0.15) is 17.1 Å². The quantitative estimate of drug-likeness (QED) is 0.690. The van der Waals surface area contributed by atoms with E-state index in [9.17, 15) is 4.79 Å². The van der Waals surface area contributed by atoms with Crippen molar-refractivity contribution in [2.24, 2.45) is 0 Å². The number of nitrogens with zero attached hydrogens (tertiary/aromatic N) is 3. The topological polar surface area (TPSA) is 69.0 Å². The molecular formula is C21H26N4O2. The fourth-order valence-electron chi connectivity index (χ4n) is 3.17. The third-order valence-corrected chi connectivity index (χ3v) is 4.36. The summed E-state index contributed by atoms with van der Waals surface area (Å²) in [7, 11) is 0. The molecule has 0 fully saturated rings. The zero-order valence-corrected chi connectivity index (χ0v) is 16.3. The zero-order valence-electron chi connectivity index (χ0n) is 16.3. The number of amides is 1. The van der Waals surface area contributed by atoms with Gasteiger partial charge in [-0.3, -0.25) is 4.79 Å². The van der Waals surface area contributed by atoms with Crippen LogP contribution in [-0.2, 0) is 11.2 Å². The number of carbonyl (C=O) groups is 1. The van der Waals surface area contributed by atoms with E-state index in [0.717, 1.165) is 28.3 Å². The van der Waals surface area contributed by atoms with Crippen LogP contribution in [0.25, 0.3) is 11.2 Å². The van der Waals surface area contributed by atoms with Crippen molar-refractivity contribution < 1.29 is 9.53 Å². The van der Waals surface area contributed by atoms with Crippen molar-refractivity contribution in [1.29, 1.82) is 0 Å².